The van der Waals surface area contributed by atoms with Crippen molar-refractivity contribution in [3.05, 3.63) is 82.7 Å². The van der Waals surface area contributed by atoms with Gasteiger partial charge in [-0.05, 0) is 48.7 Å². The van der Waals surface area contributed by atoms with Crippen molar-refractivity contribution in [1.29, 1.82) is 5.26 Å². The third-order valence-corrected chi connectivity index (χ3v) is 5.04. The van der Waals surface area contributed by atoms with Gasteiger partial charge in [-0.1, -0.05) is 30.3 Å². The minimum absolute atomic E-state index is 0.561. The van der Waals surface area contributed by atoms with Crippen LogP contribution in [0.2, 0.25) is 0 Å². The molecule has 0 radical (unpaired) electrons. The van der Waals surface area contributed by atoms with E-state index in [1.165, 1.54) is 0 Å². The van der Waals surface area contributed by atoms with Gasteiger partial charge in [-0.3, -0.25) is 0 Å². The van der Waals surface area contributed by atoms with E-state index in [2.05, 4.69) is 16.4 Å². The van der Waals surface area contributed by atoms with Crippen molar-refractivity contribution < 1.29 is 9.13 Å². The molecule has 1 aromatic heterocycles. The quantitative estimate of drug-likeness (QED) is 0.638. The average Bonchev–Trinajstić information content (AvgIpc) is 3.08. The fourth-order valence-corrected chi connectivity index (χ4v) is 3.83. The molecule has 0 spiro atoms. The molecular weight excluding hydrogens is 367 g/mol. The van der Waals surface area contributed by atoms with E-state index >= 15 is 0 Å². The standard InChI is InChI=1S/C23H21FN4O/c1-15-11-18(13-25)12-16(2)20(15)29-23(3)21-19(26-22(24)27-23)9-10-28(21)14-17-7-5-4-6-8-17/h4-12H,14H2,1-3H3,(H,26,27). The van der Waals surface area contributed by atoms with E-state index in [0.29, 0.717) is 23.5 Å². The van der Waals surface area contributed by atoms with E-state index in [-0.39, 0.29) is 0 Å². The van der Waals surface area contributed by atoms with E-state index in [9.17, 15) is 9.65 Å². The van der Waals surface area contributed by atoms with Gasteiger partial charge in [-0.15, -0.1) is 0 Å². The van der Waals surface area contributed by atoms with E-state index in [0.717, 1.165) is 22.4 Å². The summed E-state index contributed by atoms with van der Waals surface area (Å²) in [5, 5.41) is 11.9. The van der Waals surface area contributed by atoms with Crippen molar-refractivity contribution >= 4 is 11.8 Å². The van der Waals surface area contributed by atoms with Gasteiger partial charge in [0.25, 0.3) is 6.09 Å². The molecule has 146 valence electrons. The predicted octanol–water partition coefficient (Wildman–Crippen LogP) is 5.03. The average molecular weight is 388 g/mol. The van der Waals surface area contributed by atoms with Gasteiger partial charge in [0, 0.05) is 19.7 Å². The van der Waals surface area contributed by atoms with Gasteiger partial charge in [-0.25, -0.2) is 0 Å². The Labute approximate surface area is 169 Å². The number of amidine groups is 1. The number of hydrogen-bond acceptors (Lipinski definition) is 4. The predicted molar refractivity (Wildman–Crippen MR) is 111 cm³/mol. The number of rotatable bonds is 4. The normalized spacial score (nSPS) is 17.7. The van der Waals surface area contributed by atoms with Gasteiger partial charge in [0.1, 0.15) is 11.4 Å². The highest BCUT2D eigenvalue weighted by Crippen LogP contribution is 2.40. The summed E-state index contributed by atoms with van der Waals surface area (Å²) in [5.41, 5.74) is 3.40. The summed E-state index contributed by atoms with van der Waals surface area (Å²) >= 11 is 0. The Bertz CT molecular complexity index is 1120. The molecule has 0 fully saturated rings. The van der Waals surface area contributed by atoms with Crippen LogP contribution in [0.3, 0.4) is 0 Å². The van der Waals surface area contributed by atoms with E-state index in [4.69, 9.17) is 4.74 Å². The van der Waals surface area contributed by atoms with Crippen LogP contribution >= 0.6 is 0 Å². The van der Waals surface area contributed by atoms with E-state index in [1.807, 2.05) is 61.0 Å². The maximum Gasteiger partial charge on any atom is 0.286 e. The fourth-order valence-electron chi connectivity index (χ4n) is 3.83. The summed E-state index contributed by atoms with van der Waals surface area (Å²) in [7, 11) is 0. The highest BCUT2D eigenvalue weighted by molar-refractivity contribution is 5.91. The molecule has 2 aromatic carbocycles. The van der Waals surface area contributed by atoms with Gasteiger partial charge in [0.05, 0.1) is 17.3 Å². The number of benzene rings is 2. The van der Waals surface area contributed by atoms with E-state index in [1.54, 1.807) is 19.1 Å². The number of nitrogens with zero attached hydrogens (tertiary/aromatic N) is 3. The Kier molecular flexibility index (Phi) is 4.59. The number of aryl methyl sites for hydroxylation is 2. The zero-order chi connectivity index (χ0) is 20.6. The lowest BCUT2D eigenvalue weighted by Gasteiger charge is -2.33. The lowest BCUT2D eigenvalue weighted by molar-refractivity contribution is 0.0851. The third kappa shape index (κ3) is 3.47. The highest BCUT2D eigenvalue weighted by Gasteiger charge is 2.39. The van der Waals surface area contributed by atoms with Gasteiger partial charge < -0.3 is 14.6 Å². The number of hydrogen-bond donors (Lipinski definition) is 1. The molecule has 29 heavy (non-hydrogen) atoms. The Morgan fingerprint density at radius 2 is 1.86 bits per heavy atom. The van der Waals surface area contributed by atoms with Crippen molar-refractivity contribution in [3.8, 4) is 11.8 Å². The molecule has 5 nitrogen and oxygen atoms in total. The van der Waals surface area contributed by atoms with Crippen LogP contribution in [0.1, 0.15) is 34.9 Å². The van der Waals surface area contributed by atoms with Crippen molar-refractivity contribution in [2.45, 2.75) is 33.0 Å². The molecule has 6 heteroatoms. The minimum atomic E-state index is -1.26. The molecule has 1 aliphatic heterocycles. The van der Waals surface area contributed by atoms with Crippen LogP contribution in [-0.4, -0.2) is 10.7 Å². The Morgan fingerprint density at radius 1 is 1.17 bits per heavy atom. The molecule has 0 saturated carbocycles. The molecule has 4 rings (SSSR count). The molecular formula is C23H21FN4O. The third-order valence-electron chi connectivity index (χ3n) is 5.04. The first-order valence-electron chi connectivity index (χ1n) is 9.36. The molecule has 1 atom stereocenters. The molecule has 1 unspecified atom stereocenters. The summed E-state index contributed by atoms with van der Waals surface area (Å²) < 4.78 is 22.7. The lowest BCUT2D eigenvalue weighted by atomic mass is 10.0. The summed E-state index contributed by atoms with van der Waals surface area (Å²) in [5.74, 6) is 0.600. The minimum Gasteiger partial charge on any atom is -0.460 e. The van der Waals surface area contributed by atoms with Crippen LogP contribution in [0.15, 0.2) is 59.7 Å². The fraction of sp³-hybridized carbons (Fsp3) is 0.217. The van der Waals surface area contributed by atoms with Crippen LogP contribution in [-0.2, 0) is 12.3 Å². The number of nitriles is 1. The molecule has 0 amide bonds. The van der Waals surface area contributed by atoms with Crippen LogP contribution in [0.4, 0.5) is 10.1 Å². The van der Waals surface area contributed by atoms with Crippen molar-refractivity contribution in [1.82, 2.24) is 4.57 Å². The smallest absolute Gasteiger partial charge is 0.286 e. The molecule has 0 bridgehead atoms. The summed E-state index contributed by atoms with van der Waals surface area (Å²) in [6, 6.07) is 17.5. The Hall–Kier alpha value is -3.59. The second-order valence-corrected chi connectivity index (χ2v) is 7.36. The number of aliphatic imine (C=N–C) groups is 1. The van der Waals surface area contributed by atoms with Crippen molar-refractivity contribution in [3.63, 3.8) is 0 Å². The number of ether oxygens (including phenoxy) is 1. The van der Waals surface area contributed by atoms with Crippen LogP contribution in [0.25, 0.3) is 0 Å². The maximum atomic E-state index is 14.3. The van der Waals surface area contributed by atoms with Crippen LogP contribution < -0.4 is 10.1 Å². The second kappa shape index (κ2) is 7.10. The number of anilines is 1. The van der Waals surface area contributed by atoms with Crippen LogP contribution in [0, 0.1) is 25.2 Å². The van der Waals surface area contributed by atoms with Crippen molar-refractivity contribution in [2.75, 3.05) is 5.32 Å². The first-order chi connectivity index (χ1) is 13.9. The molecule has 1 aliphatic rings. The second-order valence-electron chi connectivity index (χ2n) is 7.36. The molecule has 0 aliphatic carbocycles. The van der Waals surface area contributed by atoms with Gasteiger partial charge >= 0.3 is 0 Å². The topological polar surface area (TPSA) is 62.3 Å². The van der Waals surface area contributed by atoms with Crippen molar-refractivity contribution in [2.24, 2.45) is 4.99 Å². The Morgan fingerprint density at radius 3 is 2.52 bits per heavy atom. The molecule has 1 N–H and O–H groups in total. The van der Waals surface area contributed by atoms with Gasteiger partial charge in [0.2, 0.25) is 5.72 Å². The van der Waals surface area contributed by atoms with E-state index < -0.39 is 11.8 Å². The summed E-state index contributed by atoms with van der Waals surface area (Å²) in [4.78, 5) is 4.18. The first-order valence-corrected chi connectivity index (χ1v) is 9.36. The van der Waals surface area contributed by atoms with Crippen LogP contribution in [0.5, 0.6) is 5.75 Å². The maximum absolute atomic E-state index is 14.3. The summed E-state index contributed by atoms with van der Waals surface area (Å²) in [6.45, 7) is 6.11. The molecule has 0 saturated heterocycles. The summed E-state index contributed by atoms with van der Waals surface area (Å²) in [6.07, 6.45) is 1.21. The number of fused-ring (bicyclic) bond motifs is 1. The molecule has 2 heterocycles. The SMILES string of the molecule is Cc1cc(C#N)cc(C)c1OC1(C)N=C(F)Nc2ccn(Cc3ccccc3)c21. The lowest BCUT2D eigenvalue weighted by Crippen LogP contribution is -2.36. The largest absolute Gasteiger partial charge is 0.460 e. The molecule has 3 aromatic rings. The Balaban J connectivity index is 1.78. The zero-order valence-electron chi connectivity index (χ0n) is 16.5. The monoisotopic (exact) mass is 388 g/mol. The zero-order valence-corrected chi connectivity index (χ0v) is 16.5. The number of halogens is 1. The van der Waals surface area contributed by atoms with Gasteiger partial charge in [-0.2, -0.15) is 14.6 Å². The van der Waals surface area contributed by atoms with Gasteiger partial charge in [0.15, 0.2) is 0 Å². The first kappa shape index (κ1) is 18.8. The number of aromatic nitrogens is 1. The highest BCUT2D eigenvalue weighted by atomic mass is 19.1. The number of nitrogens with one attached hydrogen (secondary N) is 1.